The Morgan fingerprint density at radius 2 is 2.23 bits per heavy atom. The first-order valence-electron chi connectivity index (χ1n) is 4.22. The molecule has 1 aromatic carbocycles. The molecule has 1 aromatic rings. The van der Waals surface area contributed by atoms with Crippen molar-refractivity contribution in [1.29, 1.82) is 0 Å². The molecule has 0 spiro atoms. The maximum Gasteiger partial charge on any atom is 0.123 e. The van der Waals surface area contributed by atoms with Crippen LogP contribution in [-0.2, 0) is 0 Å². The van der Waals surface area contributed by atoms with Crippen LogP contribution in [0.15, 0.2) is 24.3 Å². The van der Waals surface area contributed by atoms with Crippen molar-refractivity contribution in [3.05, 3.63) is 41.2 Å². The Kier molecular flexibility index (Phi) is 3.97. The van der Waals surface area contributed by atoms with Crippen molar-refractivity contribution in [3.63, 3.8) is 0 Å². The Labute approximate surface area is 83.0 Å². The lowest BCUT2D eigenvalue weighted by molar-refractivity contribution is 0.626. The van der Waals surface area contributed by atoms with Gasteiger partial charge in [0.05, 0.1) is 0 Å². The Morgan fingerprint density at radius 1 is 1.46 bits per heavy atom. The van der Waals surface area contributed by atoms with E-state index < -0.39 is 0 Å². The van der Waals surface area contributed by atoms with Crippen LogP contribution in [0.1, 0.15) is 17.5 Å². The summed E-state index contributed by atoms with van der Waals surface area (Å²) in [5.74, 6) is 0.434. The monoisotopic (exact) mass is 198 g/mol. The highest BCUT2D eigenvalue weighted by molar-refractivity contribution is 6.17. The van der Waals surface area contributed by atoms with Gasteiger partial charge in [-0.25, -0.2) is 4.39 Å². The third-order valence-corrected chi connectivity index (χ3v) is 2.02. The summed E-state index contributed by atoms with van der Waals surface area (Å²) in [7, 11) is 0. The van der Waals surface area contributed by atoms with E-state index in [2.05, 4.69) is 0 Å². The number of hydrogen-bond donors (Lipinski definition) is 0. The van der Waals surface area contributed by atoms with Crippen LogP contribution < -0.4 is 0 Å². The van der Waals surface area contributed by atoms with Gasteiger partial charge in [-0.15, -0.1) is 11.6 Å². The fourth-order valence-corrected chi connectivity index (χ4v) is 1.23. The Morgan fingerprint density at radius 3 is 2.85 bits per heavy atom. The van der Waals surface area contributed by atoms with Gasteiger partial charge >= 0.3 is 0 Å². The third-order valence-electron chi connectivity index (χ3n) is 1.81. The van der Waals surface area contributed by atoms with Crippen LogP contribution in [0.4, 0.5) is 4.39 Å². The normalized spacial score (nSPS) is 11.0. The predicted molar refractivity (Wildman–Crippen MR) is 55.5 cm³/mol. The first-order chi connectivity index (χ1) is 6.24. The van der Waals surface area contributed by atoms with Crippen molar-refractivity contribution in [1.82, 2.24) is 0 Å². The van der Waals surface area contributed by atoms with E-state index in [1.54, 1.807) is 6.07 Å². The van der Waals surface area contributed by atoms with Gasteiger partial charge in [0.15, 0.2) is 0 Å². The standard InChI is InChI=1S/C11H12ClF/c1-9-8-11(13)6-5-10(9)4-2-3-7-12/h2,4-6,8H,3,7H2,1H3. The van der Waals surface area contributed by atoms with Crippen LogP contribution >= 0.6 is 11.6 Å². The van der Waals surface area contributed by atoms with E-state index in [0.717, 1.165) is 17.5 Å². The Bertz CT molecular complexity index is 305. The van der Waals surface area contributed by atoms with Gasteiger partial charge in [0, 0.05) is 5.88 Å². The Hall–Kier alpha value is -0.820. The van der Waals surface area contributed by atoms with Crippen LogP contribution in [0.5, 0.6) is 0 Å². The average molecular weight is 199 g/mol. The number of benzene rings is 1. The number of hydrogen-bond acceptors (Lipinski definition) is 0. The molecule has 0 saturated carbocycles. The van der Waals surface area contributed by atoms with Crippen LogP contribution in [-0.4, -0.2) is 5.88 Å². The number of aryl methyl sites for hydroxylation is 1. The zero-order valence-electron chi connectivity index (χ0n) is 7.56. The molecule has 0 bridgehead atoms. The molecule has 0 N–H and O–H groups in total. The molecule has 0 fully saturated rings. The van der Waals surface area contributed by atoms with Crippen molar-refractivity contribution in [2.24, 2.45) is 0 Å². The van der Waals surface area contributed by atoms with E-state index in [-0.39, 0.29) is 5.82 Å². The largest absolute Gasteiger partial charge is 0.207 e. The van der Waals surface area contributed by atoms with E-state index in [4.69, 9.17) is 11.6 Å². The smallest absolute Gasteiger partial charge is 0.123 e. The Balaban J connectivity index is 2.77. The predicted octanol–water partition coefficient (Wildman–Crippen LogP) is 3.78. The second kappa shape index (κ2) is 5.03. The summed E-state index contributed by atoms with van der Waals surface area (Å²) in [5, 5.41) is 0. The first-order valence-corrected chi connectivity index (χ1v) is 4.76. The molecule has 70 valence electrons. The van der Waals surface area contributed by atoms with Crippen molar-refractivity contribution in [3.8, 4) is 0 Å². The van der Waals surface area contributed by atoms with Crippen LogP contribution in [0.3, 0.4) is 0 Å². The highest BCUT2D eigenvalue weighted by Gasteiger charge is 1.95. The topological polar surface area (TPSA) is 0 Å². The van der Waals surface area contributed by atoms with Gasteiger partial charge < -0.3 is 0 Å². The van der Waals surface area contributed by atoms with Gasteiger partial charge in [0.1, 0.15) is 5.82 Å². The number of rotatable bonds is 3. The molecule has 0 amide bonds. The zero-order valence-corrected chi connectivity index (χ0v) is 8.31. The summed E-state index contributed by atoms with van der Waals surface area (Å²) < 4.78 is 12.7. The van der Waals surface area contributed by atoms with Gasteiger partial charge in [-0.1, -0.05) is 18.2 Å². The number of halogens is 2. The van der Waals surface area contributed by atoms with Gasteiger partial charge in [0.2, 0.25) is 0 Å². The van der Waals surface area contributed by atoms with Crippen molar-refractivity contribution in [2.45, 2.75) is 13.3 Å². The second-order valence-corrected chi connectivity index (χ2v) is 3.26. The summed E-state index contributed by atoms with van der Waals surface area (Å²) in [6.45, 7) is 1.89. The quantitative estimate of drug-likeness (QED) is 0.649. The minimum atomic E-state index is -0.188. The maximum atomic E-state index is 12.7. The van der Waals surface area contributed by atoms with Crippen molar-refractivity contribution in [2.75, 3.05) is 5.88 Å². The molecule has 0 saturated heterocycles. The summed E-state index contributed by atoms with van der Waals surface area (Å²) >= 11 is 5.52. The van der Waals surface area contributed by atoms with E-state index in [9.17, 15) is 4.39 Å². The molecular formula is C11H12ClF. The highest BCUT2D eigenvalue weighted by Crippen LogP contribution is 2.11. The van der Waals surface area contributed by atoms with E-state index in [0.29, 0.717) is 5.88 Å². The lowest BCUT2D eigenvalue weighted by Gasteiger charge is -1.99. The van der Waals surface area contributed by atoms with Crippen LogP contribution in [0, 0.1) is 12.7 Å². The van der Waals surface area contributed by atoms with E-state index in [1.807, 2.05) is 19.1 Å². The first kappa shape index (κ1) is 10.3. The molecule has 0 atom stereocenters. The fourth-order valence-electron chi connectivity index (χ4n) is 1.10. The molecule has 1 rings (SSSR count). The minimum Gasteiger partial charge on any atom is -0.207 e. The summed E-state index contributed by atoms with van der Waals surface area (Å²) in [5.41, 5.74) is 2.00. The molecule has 0 unspecified atom stereocenters. The average Bonchev–Trinajstić information content (AvgIpc) is 2.09. The van der Waals surface area contributed by atoms with Gasteiger partial charge in [-0.05, 0) is 36.6 Å². The molecule has 0 aliphatic heterocycles. The van der Waals surface area contributed by atoms with E-state index in [1.165, 1.54) is 12.1 Å². The van der Waals surface area contributed by atoms with Crippen molar-refractivity contribution < 1.29 is 4.39 Å². The third kappa shape index (κ3) is 3.19. The number of allylic oxidation sites excluding steroid dienone is 1. The molecular weight excluding hydrogens is 187 g/mol. The zero-order chi connectivity index (χ0) is 9.68. The molecule has 0 aromatic heterocycles. The lowest BCUT2D eigenvalue weighted by atomic mass is 10.1. The van der Waals surface area contributed by atoms with Crippen molar-refractivity contribution >= 4 is 17.7 Å². The number of alkyl halides is 1. The van der Waals surface area contributed by atoms with Gasteiger partial charge in [-0.3, -0.25) is 0 Å². The van der Waals surface area contributed by atoms with E-state index >= 15 is 0 Å². The molecule has 0 nitrogen and oxygen atoms in total. The van der Waals surface area contributed by atoms with Gasteiger partial charge in [-0.2, -0.15) is 0 Å². The molecule has 0 aliphatic rings. The SMILES string of the molecule is Cc1cc(F)ccc1C=CCCCl. The maximum absolute atomic E-state index is 12.7. The van der Waals surface area contributed by atoms with Gasteiger partial charge in [0.25, 0.3) is 0 Å². The molecule has 2 heteroatoms. The second-order valence-electron chi connectivity index (χ2n) is 2.88. The van der Waals surface area contributed by atoms with Crippen LogP contribution in [0.25, 0.3) is 6.08 Å². The molecule has 0 radical (unpaired) electrons. The highest BCUT2D eigenvalue weighted by atomic mass is 35.5. The minimum absolute atomic E-state index is 0.188. The lowest BCUT2D eigenvalue weighted by Crippen LogP contribution is -1.82. The van der Waals surface area contributed by atoms with Crippen LogP contribution in [0.2, 0.25) is 0 Å². The fraction of sp³-hybridized carbons (Fsp3) is 0.273. The molecule has 13 heavy (non-hydrogen) atoms. The summed E-state index contributed by atoms with van der Waals surface area (Å²) in [6.07, 6.45) is 4.81. The summed E-state index contributed by atoms with van der Waals surface area (Å²) in [4.78, 5) is 0. The molecule has 0 heterocycles. The summed E-state index contributed by atoms with van der Waals surface area (Å²) in [6, 6.07) is 4.77. The molecule has 0 aliphatic carbocycles.